The normalized spacial score (nSPS) is 11.1. The van der Waals surface area contributed by atoms with Crippen molar-refractivity contribution < 1.29 is 9.15 Å². The minimum Gasteiger partial charge on any atom is -0.497 e. The number of hydrogen-bond donors (Lipinski definition) is 1. The van der Waals surface area contributed by atoms with Crippen molar-refractivity contribution in [2.75, 3.05) is 24.3 Å². The minimum atomic E-state index is 0.430. The van der Waals surface area contributed by atoms with Gasteiger partial charge in [0.25, 0.3) is 5.78 Å². The first-order valence-corrected chi connectivity index (χ1v) is 10.7. The summed E-state index contributed by atoms with van der Waals surface area (Å²) in [5.74, 6) is 3.50. The lowest BCUT2D eigenvalue weighted by Crippen LogP contribution is -2.27. The van der Waals surface area contributed by atoms with Gasteiger partial charge in [0, 0.05) is 19.2 Å². The molecule has 0 aliphatic heterocycles. The number of rotatable bonds is 8. The minimum absolute atomic E-state index is 0.430. The van der Waals surface area contributed by atoms with Gasteiger partial charge in [-0.1, -0.05) is 42.5 Å². The maximum Gasteiger partial charge on any atom is 0.256 e. The van der Waals surface area contributed by atoms with E-state index < -0.39 is 0 Å². The molecule has 0 amide bonds. The van der Waals surface area contributed by atoms with E-state index in [1.54, 1.807) is 19.4 Å². The first kappa shape index (κ1) is 20.6. The summed E-state index contributed by atoms with van der Waals surface area (Å²) < 4.78 is 12.2. The largest absolute Gasteiger partial charge is 0.497 e. The fourth-order valence-electron chi connectivity index (χ4n) is 3.68. The van der Waals surface area contributed by atoms with Gasteiger partial charge in [-0.05, 0) is 41.8 Å². The summed E-state index contributed by atoms with van der Waals surface area (Å²) in [7, 11) is 1.67. The molecule has 0 atom stereocenters. The fourth-order valence-corrected chi connectivity index (χ4v) is 3.68. The van der Waals surface area contributed by atoms with Gasteiger partial charge >= 0.3 is 0 Å². The van der Waals surface area contributed by atoms with E-state index in [4.69, 9.17) is 19.9 Å². The Bertz CT molecular complexity index is 1330. The van der Waals surface area contributed by atoms with E-state index in [0.717, 1.165) is 24.5 Å². The lowest BCUT2D eigenvalue weighted by atomic mass is 10.1. The van der Waals surface area contributed by atoms with Crippen LogP contribution < -0.4 is 15.4 Å². The number of nitrogens with zero attached hydrogens (tertiary/aromatic N) is 5. The molecule has 8 nitrogen and oxygen atoms in total. The monoisotopic (exact) mass is 440 g/mol. The van der Waals surface area contributed by atoms with Crippen LogP contribution in [0.25, 0.3) is 17.4 Å². The number of methoxy groups -OCH3 is 1. The predicted molar refractivity (Wildman–Crippen MR) is 127 cm³/mol. The van der Waals surface area contributed by atoms with Gasteiger partial charge in [0.15, 0.2) is 5.76 Å². The van der Waals surface area contributed by atoms with Crippen molar-refractivity contribution in [3.05, 3.63) is 90.2 Å². The molecule has 33 heavy (non-hydrogen) atoms. The van der Waals surface area contributed by atoms with Crippen molar-refractivity contribution in [1.82, 2.24) is 19.6 Å². The van der Waals surface area contributed by atoms with Crippen LogP contribution in [0.2, 0.25) is 0 Å². The van der Waals surface area contributed by atoms with Gasteiger partial charge in [-0.2, -0.15) is 14.5 Å². The highest BCUT2D eigenvalue weighted by atomic mass is 16.5. The molecule has 0 bridgehead atoms. The lowest BCUT2D eigenvalue weighted by molar-refractivity contribution is 0.414. The molecule has 3 aromatic heterocycles. The Balaban J connectivity index is 1.46. The molecule has 0 spiro atoms. The Morgan fingerprint density at radius 1 is 0.970 bits per heavy atom. The third kappa shape index (κ3) is 4.50. The molecule has 5 aromatic rings. The van der Waals surface area contributed by atoms with Crippen molar-refractivity contribution in [3.8, 4) is 17.3 Å². The van der Waals surface area contributed by atoms with Crippen molar-refractivity contribution in [3.63, 3.8) is 0 Å². The van der Waals surface area contributed by atoms with Gasteiger partial charge in [0.2, 0.25) is 5.82 Å². The molecule has 0 fully saturated rings. The number of nitrogen functional groups attached to an aromatic ring is 1. The summed E-state index contributed by atoms with van der Waals surface area (Å²) in [5.41, 5.74) is 8.74. The standard InChI is InChI=1S/C25H24N6O2/c1-32-20-11-9-18(10-12-20)13-14-30(17-19-6-3-2-4-7-19)23-16-22(26)31-25(27-23)28-24(29-31)21-8-5-15-33-21/h2-12,15-16H,13-14,17,26H2,1H3. The number of anilines is 2. The van der Waals surface area contributed by atoms with Crippen LogP contribution in [0, 0.1) is 0 Å². The summed E-state index contributed by atoms with van der Waals surface area (Å²) >= 11 is 0. The zero-order valence-corrected chi connectivity index (χ0v) is 18.3. The molecule has 0 aliphatic rings. The van der Waals surface area contributed by atoms with E-state index in [-0.39, 0.29) is 0 Å². The van der Waals surface area contributed by atoms with Crippen LogP contribution in [0.4, 0.5) is 11.6 Å². The van der Waals surface area contributed by atoms with Crippen molar-refractivity contribution in [2.24, 2.45) is 0 Å². The third-order valence-corrected chi connectivity index (χ3v) is 5.44. The summed E-state index contributed by atoms with van der Waals surface area (Å²) in [6.07, 6.45) is 2.43. The first-order valence-electron chi connectivity index (χ1n) is 10.7. The van der Waals surface area contributed by atoms with Crippen molar-refractivity contribution in [2.45, 2.75) is 13.0 Å². The van der Waals surface area contributed by atoms with Gasteiger partial charge in [-0.25, -0.2) is 0 Å². The highest BCUT2D eigenvalue weighted by molar-refractivity contribution is 5.57. The van der Waals surface area contributed by atoms with E-state index in [1.807, 2.05) is 42.5 Å². The number of ether oxygens (including phenoxy) is 1. The highest BCUT2D eigenvalue weighted by Gasteiger charge is 2.16. The predicted octanol–water partition coefficient (Wildman–Crippen LogP) is 4.22. The van der Waals surface area contributed by atoms with Crippen LogP contribution in [0.15, 0.2) is 83.5 Å². The molecule has 0 saturated heterocycles. The molecule has 8 heteroatoms. The van der Waals surface area contributed by atoms with Crippen LogP contribution in [0.5, 0.6) is 5.75 Å². The maximum atomic E-state index is 6.34. The lowest BCUT2D eigenvalue weighted by Gasteiger charge is -2.24. The van der Waals surface area contributed by atoms with Gasteiger partial charge in [0.1, 0.15) is 17.4 Å². The molecule has 3 heterocycles. The molecule has 0 unspecified atom stereocenters. The van der Waals surface area contributed by atoms with E-state index in [1.165, 1.54) is 15.6 Å². The number of furan rings is 1. The number of aromatic nitrogens is 4. The smallest absolute Gasteiger partial charge is 0.256 e. The van der Waals surface area contributed by atoms with Crippen molar-refractivity contribution in [1.29, 1.82) is 0 Å². The fraction of sp³-hybridized carbons (Fsp3) is 0.160. The van der Waals surface area contributed by atoms with Crippen molar-refractivity contribution >= 4 is 17.4 Å². The van der Waals surface area contributed by atoms with Gasteiger partial charge in [0.05, 0.1) is 13.4 Å². The molecule has 166 valence electrons. The van der Waals surface area contributed by atoms with E-state index >= 15 is 0 Å². The van der Waals surface area contributed by atoms with E-state index in [0.29, 0.717) is 29.7 Å². The SMILES string of the molecule is COc1ccc(CCN(Cc2ccccc2)c2cc(N)n3nc(-c4ccco4)nc3n2)cc1. The van der Waals surface area contributed by atoms with Gasteiger partial charge < -0.3 is 19.8 Å². The first-order chi connectivity index (χ1) is 16.2. The second-order valence-corrected chi connectivity index (χ2v) is 7.67. The number of nitrogens with two attached hydrogens (primary N) is 1. The van der Waals surface area contributed by atoms with E-state index in [9.17, 15) is 0 Å². The maximum absolute atomic E-state index is 6.34. The van der Waals surface area contributed by atoms with Crippen LogP contribution in [0.1, 0.15) is 11.1 Å². The molecule has 5 rings (SSSR count). The molecule has 0 radical (unpaired) electrons. The summed E-state index contributed by atoms with van der Waals surface area (Å²) in [5, 5.41) is 4.44. The average molecular weight is 441 g/mol. The molecule has 0 saturated carbocycles. The topological polar surface area (TPSA) is 94.7 Å². The van der Waals surface area contributed by atoms with Crippen LogP contribution in [-0.4, -0.2) is 33.2 Å². The molecular formula is C25H24N6O2. The molecule has 2 N–H and O–H groups in total. The Morgan fingerprint density at radius 2 is 1.79 bits per heavy atom. The van der Waals surface area contributed by atoms with E-state index in [2.05, 4.69) is 39.2 Å². The second kappa shape index (κ2) is 9.04. The Morgan fingerprint density at radius 3 is 2.52 bits per heavy atom. The van der Waals surface area contributed by atoms with Crippen LogP contribution in [0.3, 0.4) is 0 Å². The number of fused-ring (bicyclic) bond motifs is 1. The zero-order valence-electron chi connectivity index (χ0n) is 18.3. The average Bonchev–Trinajstić information content (AvgIpc) is 3.53. The zero-order chi connectivity index (χ0) is 22.6. The molecular weight excluding hydrogens is 416 g/mol. The molecule has 0 aliphatic carbocycles. The highest BCUT2D eigenvalue weighted by Crippen LogP contribution is 2.23. The second-order valence-electron chi connectivity index (χ2n) is 7.67. The summed E-state index contributed by atoms with van der Waals surface area (Å²) in [6, 6.07) is 23.9. The quantitative estimate of drug-likeness (QED) is 0.386. The Hall–Kier alpha value is -4.33. The molecule has 2 aromatic carbocycles. The summed E-state index contributed by atoms with van der Waals surface area (Å²) in [4.78, 5) is 11.5. The number of benzene rings is 2. The van der Waals surface area contributed by atoms with Crippen LogP contribution in [-0.2, 0) is 13.0 Å². The number of hydrogen-bond acceptors (Lipinski definition) is 7. The van der Waals surface area contributed by atoms with Crippen LogP contribution >= 0.6 is 0 Å². The Kier molecular flexibility index (Phi) is 5.63. The Labute approximate surface area is 191 Å². The third-order valence-electron chi connectivity index (χ3n) is 5.44. The summed E-state index contributed by atoms with van der Waals surface area (Å²) in [6.45, 7) is 1.45. The van der Waals surface area contributed by atoms with Gasteiger partial charge in [-0.15, -0.1) is 5.10 Å². The van der Waals surface area contributed by atoms with Gasteiger partial charge in [-0.3, -0.25) is 0 Å².